The second-order valence-electron chi connectivity index (χ2n) is 5.26. The molecule has 0 spiro atoms. The molecule has 1 saturated heterocycles. The van der Waals surface area contributed by atoms with Gasteiger partial charge in [0.2, 0.25) is 0 Å². The molecule has 0 saturated carbocycles. The topological polar surface area (TPSA) is 33.1 Å². The van der Waals surface area contributed by atoms with Crippen molar-refractivity contribution in [3.05, 3.63) is 18.0 Å². The quantitative estimate of drug-likeness (QED) is 0.859. The monoisotopic (exact) mass is 236 g/mol. The van der Waals surface area contributed by atoms with Crippen LogP contribution in [-0.2, 0) is 13.1 Å². The molecule has 1 aliphatic rings. The maximum atomic E-state index is 4.33. The van der Waals surface area contributed by atoms with Gasteiger partial charge in [-0.15, -0.1) is 0 Å². The van der Waals surface area contributed by atoms with Crippen LogP contribution in [-0.4, -0.2) is 39.9 Å². The van der Waals surface area contributed by atoms with E-state index in [-0.39, 0.29) is 5.54 Å². The fraction of sp³-hybridized carbons (Fsp3) is 0.769. The molecule has 17 heavy (non-hydrogen) atoms. The first kappa shape index (κ1) is 12.6. The fourth-order valence-corrected chi connectivity index (χ4v) is 2.44. The van der Waals surface area contributed by atoms with Crippen LogP contribution in [0.1, 0.15) is 32.8 Å². The fourth-order valence-electron chi connectivity index (χ4n) is 2.44. The molecule has 96 valence electrons. The number of aryl methyl sites for hydroxylation is 1. The van der Waals surface area contributed by atoms with Crippen LogP contribution in [0.25, 0.3) is 0 Å². The van der Waals surface area contributed by atoms with Gasteiger partial charge in [-0.3, -0.25) is 9.58 Å². The van der Waals surface area contributed by atoms with Crippen molar-refractivity contribution in [2.75, 3.05) is 19.6 Å². The van der Waals surface area contributed by atoms with Gasteiger partial charge in [-0.25, -0.2) is 0 Å². The Bertz CT molecular complexity index is 360. The molecule has 1 aromatic rings. The highest BCUT2D eigenvalue weighted by Crippen LogP contribution is 2.17. The van der Waals surface area contributed by atoms with Gasteiger partial charge in [-0.05, 0) is 20.3 Å². The Kier molecular flexibility index (Phi) is 3.84. The molecule has 4 heteroatoms. The molecule has 0 aliphatic carbocycles. The Labute approximate surface area is 104 Å². The summed E-state index contributed by atoms with van der Waals surface area (Å²) >= 11 is 0. The van der Waals surface area contributed by atoms with Crippen molar-refractivity contribution >= 4 is 0 Å². The second kappa shape index (κ2) is 5.19. The third-order valence-electron chi connectivity index (χ3n) is 3.75. The van der Waals surface area contributed by atoms with E-state index < -0.39 is 0 Å². The zero-order valence-electron chi connectivity index (χ0n) is 11.2. The largest absolute Gasteiger partial charge is 0.309 e. The van der Waals surface area contributed by atoms with E-state index in [4.69, 9.17) is 0 Å². The minimum atomic E-state index is 0.277. The molecular weight excluding hydrogens is 212 g/mol. The van der Waals surface area contributed by atoms with Gasteiger partial charge in [0.1, 0.15) is 0 Å². The highest BCUT2D eigenvalue weighted by atomic mass is 15.3. The zero-order chi connectivity index (χ0) is 12.3. The molecule has 0 radical (unpaired) electrons. The number of nitrogens with one attached hydrogen (secondary N) is 1. The minimum absolute atomic E-state index is 0.277. The summed E-state index contributed by atoms with van der Waals surface area (Å²) in [5, 5.41) is 7.95. The average molecular weight is 236 g/mol. The van der Waals surface area contributed by atoms with Crippen LogP contribution in [0.5, 0.6) is 0 Å². The van der Waals surface area contributed by atoms with Crippen molar-refractivity contribution in [1.82, 2.24) is 20.0 Å². The minimum Gasteiger partial charge on any atom is -0.309 e. The maximum absolute atomic E-state index is 4.33. The van der Waals surface area contributed by atoms with Crippen molar-refractivity contribution in [2.24, 2.45) is 0 Å². The third-order valence-corrected chi connectivity index (χ3v) is 3.75. The van der Waals surface area contributed by atoms with Crippen molar-refractivity contribution in [3.63, 3.8) is 0 Å². The lowest BCUT2D eigenvalue weighted by atomic mass is 9.96. The number of hydrogen-bond donors (Lipinski definition) is 1. The summed E-state index contributed by atoms with van der Waals surface area (Å²) in [4.78, 5) is 2.52. The van der Waals surface area contributed by atoms with Crippen molar-refractivity contribution in [2.45, 2.75) is 45.8 Å². The third kappa shape index (κ3) is 3.07. The molecule has 2 heterocycles. The van der Waals surface area contributed by atoms with Gasteiger partial charge >= 0.3 is 0 Å². The number of aromatic nitrogens is 2. The van der Waals surface area contributed by atoms with Gasteiger partial charge < -0.3 is 5.32 Å². The van der Waals surface area contributed by atoms with E-state index in [1.165, 1.54) is 12.0 Å². The zero-order valence-corrected chi connectivity index (χ0v) is 11.2. The number of piperazine rings is 1. The van der Waals surface area contributed by atoms with Gasteiger partial charge in [0.15, 0.2) is 0 Å². The van der Waals surface area contributed by atoms with Crippen molar-refractivity contribution in [1.29, 1.82) is 0 Å². The first-order valence-corrected chi connectivity index (χ1v) is 6.64. The van der Waals surface area contributed by atoms with Gasteiger partial charge in [-0.1, -0.05) is 6.92 Å². The van der Waals surface area contributed by atoms with Crippen molar-refractivity contribution < 1.29 is 0 Å². The molecule has 0 amide bonds. The number of hydrogen-bond acceptors (Lipinski definition) is 3. The van der Waals surface area contributed by atoms with Crippen LogP contribution in [0.3, 0.4) is 0 Å². The predicted octanol–water partition coefficient (Wildman–Crippen LogP) is 1.48. The first-order chi connectivity index (χ1) is 8.15. The Hall–Kier alpha value is -0.870. The normalized spacial score (nSPS) is 26.3. The van der Waals surface area contributed by atoms with Crippen LogP contribution in [0.2, 0.25) is 0 Å². The van der Waals surface area contributed by atoms with Crippen LogP contribution in [0, 0.1) is 0 Å². The Morgan fingerprint density at radius 2 is 2.29 bits per heavy atom. The van der Waals surface area contributed by atoms with Gasteiger partial charge in [0, 0.05) is 50.0 Å². The van der Waals surface area contributed by atoms with Gasteiger partial charge in [-0.2, -0.15) is 5.10 Å². The summed E-state index contributed by atoms with van der Waals surface area (Å²) in [6.07, 6.45) is 5.33. The highest BCUT2D eigenvalue weighted by molar-refractivity contribution is 5.04. The van der Waals surface area contributed by atoms with E-state index in [0.29, 0.717) is 0 Å². The molecule has 2 rings (SSSR count). The Morgan fingerprint density at radius 1 is 1.47 bits per heavy atom. The van der Waals surface area contributed by atoms with E-state index in [1.54, 1.807) is 0 Å². The lowest BCUT2D eigenvalue weighted by molar-refractivity contribution is 0.133. The standard InChI is InChI=1S/C13H24N4/c1-4-13(3)11-16(7-6-14-13)9-12-8-15-17(5-2)10-12/h8,10,14H,4-7,9,11H2,1-3H3. The predicted molar refractivity (Wildman–Crippen MR) is 69.9 cm³/mol. The summed E-state index contributed by atoms with van der Waals surface area (Å²) in [7, 11) is 0. The molecule has 1 unspecified atom stereocenters. The van der Waals surface area contributed by atoms with E-state index >= 15 is 0 Å². The first-order valence-electron chi connectivity index (χ1n) is 6.64. The summed E-state index contributed by atoms with van der Waals surface area (Å²) in [5.74, 6) is 0. The maximum Gasteiger partial charge on any atom is 0.0534 e. The summed E-state index contributed by atoms with van der Waals surface area (Å²) in [6, 6.07) is 0. The van der Waals surface area contributed by atoms with E-state index in [0.717, 1.165) is 32.7 Å². The van der Waals surface area contributed by atoms with E-state index in [1.807, 2.05) is 10.9 Å². The Balaban J connectivity index is 1.94. The highest BCUT2D eigenvalue weighted by Gasteiger charge is 2.28. The number of nitrogens with zero attached hydrogens (tertiary/aromatic N) is 3. The smallest absolute Gasteiger partial charge is 0.0534 e. The van der Waals surface area contributed by atoms with E-state index in [2.05, 4.69) is 42.3 Å². The molecule has 1 N–H and O–H groups in total. The molecule has 1 fully saturated rings. The molecule has 4 nitrogen and oxygen atoms in total. The van der Waals surface area contributed by atoms with Gasteiger partial charge in [0.05, 0.1) is 6.20 Å². The summed E-state index contributed by atoms with van der Waals surface area (Å²) < 4.78 is 2.00. The second-order valence-corrected chi connectivity index (χ2v) is 5.26. The lowest BCUT2D eigenvalue weighted by Gasteiger charge is -2.41. The molecule has 1 aromatic heterocycles. The lowest BCUT2D eigenvalue weighted by Crippen LogP contribution is -2.57. The average Bonchev–Trinajstić information content (AvgIpc) is 2.77. The van der Waals surface area contributed by atoms with E-state index in [9.17, 15) is 0 Å². The molecular formula is C13H24N4. The van der Waals surface area contributed by atoms with Crippen LogP contribution in [0.15, 0.2) is 12.4 Å². The summed E-state index contributed by atoms with van der Waals surface area (Å²) in [6.45, 7) is 12.0. The van der Waals surface area contributed by atoms with Crippen LogP contribution in [0.4, 0.5) is 0 Å². The molecule has 1 atom stereocenters. The number of rotatable bonds is 4. The molecule has 1 aliphatic heterocycles. The van der Waals surface area contributed by atoms with Crippen LogP contribution < -0.4 is 5.32 Å². The molecule has 0 bridgehead atoms. The summed E-state index contributed by atoms with van der Waals surface area (Å²) in [5.41, 5.74) is 1.60. The molecule has 0 aromatic carbocycles. The SMILES string of the molecule is CCn1cc(CN2CCNC(C)(CC)C2)cn1. The van der Waals surface area contributed by atoms with Crippen molar-refractivity contribution in [3.8, 4) is 0 Å². The van der Waals surface area contributed by atoms with Crippen LogP contribution >= 0.6 is 0 Å². The van der Waals surface area contributed by atoms with Gasteiger partial charge in [0.25, 0.3) is 0 Å². The Morgan fingerprint density at radius 3 is 2.94 bits per heavy atom.